The van der Waals surface area contributed by atoms with Crippen molar-refractivity contribution in [1.82, 2.24) is 0 Å². The number of rotatable bonds is 5. The van der Waals surface area contributed by atoms with Crippen molar-refractivity contribution >= 4 is 32.9 Å². The maximum Gasteiger partial charge on any atom is 0.249 e. The normalized spacial score (nSPS) is 14.2. The molecule has 0 fully saturated rings. The SMILES string of the molecule is CC(Cl)S(=O)(=O)CC=C(C(N)=O)c1ccccc1. The largest absolute Gasteiger partial charge is 0.366 e. The van der Waals surface area contributed by atoms with Crippen LogP contribution in [0.1, 0.15) is 12.5 Å². The second-order valence-corrected chi connectivity index (χ2v) is 7.00. The van der Waals surface area contributed by atoms with Gasteiger partial charge in [0, 0.05) is 5.57 Å². The molecule has 0 spiro atoms. The molecular formula is C12H14ClNO3S. The number of carbonyl (C=O) groups is 1. The summed E-state index contributed by atoms with van der Waals surface area (Å²) in [4.78, 5) is 11.3. The first-order chi connectivity index (χ1) is 8.34. The maximum absolute atomic E-state index is 11.6. The zero-order chi connectivity index (χ0) is 13.8. The minimum absolute atomic E-state index is 0.177. The fourth-order valence-electron chi connectivity index (χ4n) is 1.31. The standard InChI is InChI=1S/C12H14ClNO3S/c1-9(13)18(16,17)8-7-11(12(14)15)10-5-3-2-4-6-10/h2-7,9H,8H2,1H3,(H2,14,15). The van der Waals surface area contributed by atoms with Crippen LogP contribution in [-0.4, -0.2) is 24.8 Å². The molecule has 0 aromatic heterocycles. The van der Waals surface area contributed by atoms with Gasteiger partial charge in [-0.05, 0) is 12.5 Å². The molecule has 0 heterocycles. The molecule has 0 aliphatic rings. The number of hydrogen-bond donors (Lipinski definition) is 1. The van der Waals surface area contributed by atoms with Crippen LogP contribution in [0.4, 0.5) is 0 Å². The van der Waals surface area contributed by atoms with Crippen molar-refractivity contribution in [3.8, 4) is 0 Å². The lowest BCUT2D eigenvalue weighted by Crippen LogP contribution is -2.17. The molecule has 1 aromatic carbocycles. The Morgan fingerprint density at radius 3 is 2.39 bits per heavy atom. The molecule has 1 atom stereocenters. The van der Waals surface area contributed by atoms with Crippen LogP contribution in [0.2, 0.25) is 0 Å². The van der Waals surface area contributed by atoms with Gasteiger partial charge >= 0.3 is 0 Å². The van der Waals surface area contributed by atoms with Crippen molar-refractivity contribution < 1.29 is 13.2 Å². The van der Waals surface area contributed by atoms with E-state index in [1.54, 1.807) is 30.3 Å². The van der Waals surface area contributed by atoms with Gasteiger partial charge in [0.25, 0.3) is 0 Å². The molecule has 1 aromatic rings. The summed E-state index contributed by atoms with van der Waals surface area (Å²) in [5.74, 6) is -0.983. The summed E-state index contributed by atoms with van der Waals surface area (Å²) >= 11 is 5.55. The van der Waals surface area contributed by atoms with Crippen LogP contribution in [0.25, 0.3) is 5.57 Å². The molecule has 4 nitrogen and oxygen atoms in total. The van der Waals surface area contributed by atoms with Crippen molar-refractivity contribution in [3.05, 3.63) is 42.0 Å². The molecule has 2 N–H and O–H groups in total. The first kappa shape index (κ1) is 14.7. The summed E-state index contributed by atoms with van der Waals surface area (Å²) in [6.45, 7) is 1.37. The highest BCUT2D eigenvalue weighted by atomic mass is 35.5. The first-order valence-electron chi connectivity index (χ1n) is 5.25. The Hall–Kier alpha value is -1.33. The highest BCUT2D eigenvalue weighted by Crippen LogP contribution is 2.15. The third-order valence-electron chi connectivity index (χ3n) is 2.36. The van der Waals surface area contributed by atoms with Gasteiger partial charge in [-0.15, -0.1) is 11.6 Å². The number of nitrogens with two attached hydrogens (primary N) is 1. The third kappa shape index (κ3) is 3.85. The lowest BCUT2D eigenvalue weighted by Gasteiger charge is -2.06. The number of hydrogen-bond acceptors (Lipinski definition) is 3. The van der Waals surface area contributed by atoms with Crippen LogP contribution in [0.5, 0.6) is 0 Å². The number of primary amides is 1. The summed E-state index contributed by atoms with van der Waals surface area (Å²) < 4.78 is 22.1. The van der Waals surface area contributed by atoms with Crippen LogP contribution in [-0.2, 0) is 14.6 Å². The number of halogens is 1. The van der Waals surface area contributed by atoms with Crippen molar-refractivity contribution in [2.45, 2.75) is 11.6 Å². The molecule has 0 bridgehead atoms. The van der Waals surface area contributed by atoms with Gasteiger partial charge in [0.05, 0.1) is 5.75 Å². The summed E-state index contributed by atoms with van der Waals surface area (Å²) in [7, 11) is -3.45. The highest BCUT2D eigenvalue weighted by Gasteiger charge is 2.18. The fraction of sp³-hybridized carbons (Fsp3) is 0.250. The fourth-order valence-corrected chi connectivity index (χ4v) is 2.19. The van der Waals surface area contributed by atoms with Gasteiger partial charge in [-0.1, -0.05) is 36.4 Å². The second-order valence-electron chi connectivity index (χ2n) is 3.72. The van der Waals surface area contributed by atoms with E-state index in [2.05, 4.69) is 0 Å². The molecule has 1 rings (SSSR count). The molecule has 0 aliphatic heterocycles. The van der Waals surface area contributed by atoms with Gasteiger partial charge in [-0.25, -0.2) is 8.42 Å². The van der Waals surface area contributed by atoms with Crippen LogP contribution in [0, 0.1) is 0 Å². The topological polar surface area (TPSA) is 77.2 Å². The van der Waals surface area contributed by atoms with Gasteiger partial charge in [0.1, 0.15) is 4.71 Å². The molecule has 0 saturated heterocycles. The predicted molar refractivity (Wildman–Crippen MR) is 72.7 cm³/mol. The van der Waals surface area contributed by atoms with E-state index in [-0.39, 0.29) is 11.3 Å². The Morgan fingerprint density at radius 1 is 1.39 bits per heavy atom. The van der Waals surface area contributed by atoms with E-state index in [1.807, 2.05) is 0 Å². The lowest BCUT2D eigenvalue weighted by molar-refractivity contribution is -0.112. The Kier molecular flexibility index (Phi) is 4.93. The summed E-state index contributed by atoms with van der Waals surface area (Å²) in [6.07, 6.45) is 1.30. The van der Waals surface area contributed by atoms with Gasteiger partial charge in [-0.2, -0.15) is 0 Å². The van der Waals surface area contributed by atoms with E-state index in [4.69, 9.17) is 17.3 Å². The van der Waals surface area contributed by atoms with Crippen LogP contribution < -0.4 is 5.73 Å². The Bertz CT molecular complexity index is 550. The Labute approximate surface area is 111 Å². The molecule has 6 heteroatoms. The molecule has 0 radical (unpaired) electrons. The summed E-state index contributed by atoms with van der Waals surface area (Å²) in [5, 5.41) is 0. The summed E-state index contributed by atoms with van der Waals surface area (Å²) in [6, 6.07) is 8.65. The molecule has 0 aliphatic carbocycles. The van der Waals surface area contributed by atoms with Gasteiger partial charge in [0.15, 0.2) is 9.84 Å². The van der Waals surface area contributed by atoms with Crippen LogP contribution in [0.15, 0.2) is 36.4 Å². The smallest absolute Gasteiger partial charge is 0.249 e. The van der Waals surface area contributed by atoms with Crippen LogP contribution >= 0.6 is 11.6 Å². The zero-order valence-corrected chi connectivity index (χ0v) is 11.4. The Morgan fingerprint density at radius 2 is 1.94 bits per heavy atom. The number of alkyl halides is 1. The second kappa shape index (κ2) is 6.02. The van der Waals surface area contributed by atoms with Crippen LogP contribution in [0.3, 0.4) is 0 Å². The average Bonchev–Trinajstić information content (AvgIpc) is 2.29. The predicted octanol–water partition coefficient (Wildman–Crippen LogP) is 1.55. The third-order valence-corrected chi connectivity index (χ3v) is 4.80. The number of benzene rings is 1. The number of amides is 1. The van der Waals surface area contributed by atoms with Crippen molar-refractivity contribution in [2.24, 2.45) is 5.73 Å². The lowest BCUT2D eigenvalue weighted by atomic mass is 10.1. The minimum Gasteiger partial charge on any atom is -0.366 e. The van der Waals surface area contributed by atoms with Crippen molar-refractivity contribution in [2.75, 3.05) is 5.75 Å². The number of carbonyl (C=O) groups excluding carboxylic acids is 1. The van der Waals surface area contributed by atoms with E-state index >= 15 is 0 Å². The molecule has 1 amide bonds. The molecule has 18 heavy (non-hydrogen) atoms. The average molecular weight is 288 g/mol. The molecule has 1 unspecified atom stereocenters. The molecule has 98 valence electrons. The summed E-state index contributed by atoms with van der Waals surface area (Å²) in [5.41, 5.74) is 6.00. The van der Waals surface area contributed by atoms with Crippen molar-refractivity contribution in [1.29, 1.82) is 0 Å². The Balaban J connectivity index is 3.06. The van der Waals surface area contributed by atoms with E-state index in [9.17, 15) is 13.2 Å². The van der Waals surface area contributed by atoms with Gasteiger partial charge in [0.2, 0.25) is 5.91 Å². The molecular weight excluding hydrogens is 274 g/mol. The molecule has 0 saturated carbocycles. The van der Waals surface area contributed by atoms with Gasteiger partial charge in [-0.3, -0.25) is 4.79 Å². The quantitative estimate of drug-likeness (QED) is 0.659. The van der Waals surface area contributed by atoms with E-state index in [0.29, 0.717) is 5.56 Å². The van der Waals surface area contributed by atoms with Gasteiger partial charge < -0.3 is 5.73 Å². The highest BCUT2D eigenvalue weighted by molar-refractivity contribution is 7.93. The first-order valence-corrected chi connectivity index (χ1v) is 7.41. The monoisotopic (exact) mass is 287 g/mol. The van der Waals surface area contributed by atoms with E-state index in [0.717, 1.165) is 0 Å². The van der Waals surface area contributed by atoms with E-state index < -0.39 is 20.5 Å². The van der Waals surface area contributed by atoms with Crippen molar-refractivity contribution in [3.63, 3.8) is 0 Å². The maximum atomic E-state index is 11.6. The van der Waals surface area contributed by atoms with E-state index in [1.165, 1.54) is 13.0 Å². The minimum atomic E-state index is -3.45. The number of sulfone groups is 1. The zero-order valence-electron chi connectivity index (χ0n) is 9.84.